The lowest BCUT2D eigenvalue weighted by molar-refractivity contribution is -0.138. The van der Waals surface area contributed by atoms with Crippen LogP contribution in [0.15, 0.2) is 59.0 Å². The summed E-state index contributed by atoms with van der Waals surface area (Å²) in [4.78, 5) is 12.5. The van der Waals surface area contributed by atoms with Crippen molar-refractivity contribution in [2.75, 3.05) is 13.6 Å². The van der Waals surface area contributed by atoms with Gasteiger partial charge in [-0.15, -0.1) is 0 Å². The van der Waals surface area contributed by atoms with Crippen LogP contribution in [0.2, 0.25) is 0 Å². The average Bonchev–Trinajstić information content (AvgIpc) is 3.40. The third-order valence-electron chi connectivity index (χ3n) is 7.73. The molecule has 1 aliphatic rings. The summed E-state index contributed by atoms with van der Waals surface area (Å²) in [5.41, 5.74) is 1.38. The summed E-state index contributed by atoms with van der Waals surface area (Å²) in [7, 11) is 1.66. The second kappa shape index (κ2) is 13.1. The zero-order valence-corrected chi connectivity index (χ0v) is 23.7. The number of hydrogen-bond acceptors (Lipinski definition) is 5. The molecule has 1 aromatic heterocycles. The van der Waals surface area contributed by atoms with Gasteiger partial charge in [-0.1, -0.05) is 57.4 Å². The molecule has 0 amide bonds. The molecule has 4 rings (SSSR count). The highest BCUT2D eigenvalue weighted by molar-refractivity contribution is 5.66. The molecule has 1 heterocycles. The first-order chi connectivity index (χ1) is 19.4. The minimum Gasteiger partial charge on any atom is -0.485 e. The number of aliphatic hydroxyl groups is 1. The number of carboxylic acids is 1. The van der Waals surface area contributed by atoms with Crippen LogP contribution < -0.4 is 4.74 Å². The van der Waals surface area contributed by atoms with E-state index >= 15 is 0 Å². The first kappa shape index (κ1) is 30.7. The number of carboxylic acid groups (broad SMARTS) is 1. The minimum atomic E-state index is -4.41. The lowest BCUT2D eigenvalue weighted by atomic mass is 9.81. The standard InChI is InChI=1S/C32H38F3NO5/c1-20(2)29-26(19-27(41-29)21-9-13-24(14-10-21)32(33,34)35)30(22-7-5-4-6-8-22)40-25-15-11-23(12-16-25)31(39)36(3)18-17-28(37)38/h9-16,19-20,22,30-31,39H,4-8,17-18H2,1-3H3,(H,37,38). The normalized spacial score (nSPS) is 16.2. The van der Waals surface area contributed by atoms with Crippen LogP contribution in [0.1, 0.15) is 93.1 Å². The van der Waals surface area contributed by atoms with Crippen LogP contribution in [0.5, 0.6) is 5.75 Å². The molecule has 2 N–H and O–H groups in total. The molecule has 1 aliphatic carbocycles. The Bertz CT molecular complexity index is 1280. The van der Waals surface area contributed by atoms with E-state index < -0.39 is 23.9 Å². The summed E-state index contributed by atoms with van der Waals surface area (Å²) in [5.74, 6) is 1.22. The molecule has 41 heavy (non-hydrogen) atoms. The maximum Gasteiger partial charge on any atom is 0.416 e. The summed E-state index contributed by atoms with van der Waals surface area (Å²) in [5, 5.41) is 19.6. The fourth-order valence-electron chi connectivity index (χ4n) is 5.42. The Hall–Kier alpha value is -3.30. The highest BCUT2D eigenvalue weighted by Crippen LogP contribution is 2.43. The van der Waals surface area contributed by atoms with Gasteiger partial charge in [0.05, 0.1) is 12.0 Å². The Balaban J connectivity index is 1.62. The second-order valence-corrected chi connectivity index (χ2v) is 11.2. The number of alkyl halides is 3. The van der Waals surface area contributed by atoms with E-state index in [9.17, 15) is 23.1 Å². The van der Waals surface area contributed by atoms with Crippen molar-refractivity contribution in [3.8, 4) is 17.1 Å². The van der Waals surface area contributed by atoms with Gasteiger partial charge >= 0.3 is 12.1 Å². The zero-order valence-electron chi connectivity index (χ0n) is 23.7. The molecule has 3 aromatic rings. The first-order valence-corrected chi connectivity index (χ1v) is 14.1. The Morgan fingerprint density at radius 2 is 1.68 bits per heavy atom. The van der Waals surface area contributed by atoms with Crippen LogP contribution in [-0.2, 0) is 11.0 Å². The number of furan rings is 1. The van der Waals surface area contributed by atoms with Gasteiger partial charge in [-0.3, -0.25) is 9.69 Å². The molecule has 2 aromatic carbocycles. The third-order valence-corrected chi connectivity index (χ3v) is 7.73. The second-order valence-electron chi connectivity index (χ2n) is 11.2. The van der Waals surface area contributed by atoms with Crippen LogP contribution in [0.3, 0.4) is 0 Å². The van der Waals surface area contributed by atoms with E-state index in [1.54, 1.807) is 36.2 Å². The molecule has 222 valence electrons. The van der Waals surface area contributed by atoms with E-state index in [4.69, 9.17) is 14.3 Å². The molecule has 0 saturated heterocycles. The Morgan fingerprint density at radius 3 is 2.24 bits per heavy atom. The molecular formula is C32H38F3NO5. The number of halogens is 3. The van der Waals surface area contributed by atoms with Gasteiger partial charge in [-0.25, -0.2) is 0 Å². The van der Waals surface area contributed by atoms with Crippen molar-refractivity contribution in [2.45, 2.75) is 76.8 Å². The highest BCUT2D eigenvalue weighted by atomic mass is 19.4. The van der Waals surface area contributed by atoms with Gasteiger partial charge in [-0.05, 0) is 55.8 Å². The summed E-state index contributed by atoms with van der Waals surface area (Å²) in [6.45, 7) is 4.25. The maximum atomic E-state index is 13.1. The number of aliphatic hydroxyl groups excluding tert-OH is 1. The smallest absolute Gasteiger partial charge is 0.416 e. The predicted octanol–water partition coefficient (Wildman–Crippen LogP) is 8.19. The summed E-state index contributed by atoms with van der Waals surface area (Å²) < 4.78 is 52.2. The van der Waals surface area contributed by atoms with Gasteiger partial charge in [0.1, 0.15) is 29.6 Å². The van der Waals surface area contributed by atoms with Crippen molar-refractivity contribution < 1.29 is 37.3 Å². The van der Waals surface area contributed by atoms with E-state index in [0.717, 1.165) is 49.1 Å². The SMILES string of the molecule is CC(C)c1oc(-c2ccc(C(F)(F)F)cc2)cc1C(Oc1ccc(C(O)N(C)CCC(=O)O)cc1)C1CCCCC1. The molecule has 9 heteroatoms. The van der Waals surface area contributed by atoms with E-state index in [2.05, 4.69) is 0 Å². The Labute approximate surface area is 238 Å². The third kappa shape index (κ3) is 7.71. The Kier molecular flexibility index (Phi) is 9.81. The van der Waals surface area contributed by atoms with Gasteiger partial charge in [0.2, 0.25) is 0 Å². The lowest BCUT2D eigenvalue weighted by Crippen LogP contribution is -2.26. The van der Waals surface area contributed by atoms with Gasteiger partial charge in [-0.2, -0.15) is 13.2 Å². The maximum absolute atomic E-state index is 13.1. The van der Waals surface area contributed by atoms with Crippen molar-refractivity contribution in [3.63, 3.8) is 0 Å². The number of rotatable bonds is 11. The van der Waals surface area contributed by atoms with Gasteiger partial charge in [0.25, 0.3) is 0 Å². The van der Waals surface area contributed by atoms with Crippen LogP contribution in [0, 0.1) is 5.92 Å². The monoisotopic (exact) mass is 573 g/mol. The molecule has 2 unspecified atom stereocenters. The van der Waals surface area contributed by atoms with Gasteiger partial charge in [0, 0.05) is 29.5 Å². The first-order valence-electron chi connectivity index (χ1n) is 14.1. The quantitative estimate of drug-likeness (QED) is 0.225. The minimum absolute atomic E-state index is 0.0294. The van der Waals surface area contributed by atoms with Gasteiger partial charge in [0.15, 0.2) is 0 Å². The van der Waals surface area contributed by atoms with E-state index in [0.29, 0.717) is 22.6 Å². The van der Waals surface area contributed by atoms with Crippen LogP contribution in [0.25, 0.3) is 11.3 Å². The lowest BCUT2D eigenvalue weighted by Gasteiger charge is -2.31. The summed E-state index contributed by atoms with van der Waals surface area (Å²) >= 11 is 0. The number of aliphatic carboxylic acids is 1. The number of nitrogens with zero attached hydrogens (tertiary/aromatic N) is 1. The van der Waals surface area contributed by atoms with E-state index in [1.807, 2.05) is 19.9 Å². The molecule has 1 fully saturated rings. The van der Waals surface area contributed by atoms with Crippen LogP contribution in [0.4, 0.5) is 13.2 Å². The highest BCUT2D eigenvalue weighted by Gasteiger charge is 2.33. The Morgan fingerprint density at radius 1 is 1.05 bits per heavy atom. The van der Waals surface area contributed by atoms with Crippen LogP contribution in [-0.4, -0.2) is 34.7 Å². The topological polar surface area (TPSA) is 83.1 Å². The number of benzene rings is 2. The number of ether oxygens (including phenoxy) is 1. The summed E-state index contributed by atoms with van der Waals surface area (Å²) in [6, 6.07) is 14.0. The molecule has 0 bridgehead atoms. The predicted molar refractivity (Wildman–Crippen MR) is 149 cm³/mol. The van der Waals surface area contributed by atoms with Crippen molar-refractivity contribution >= 4 is 5.97 Å². The fraction of sp³-hybridized carbons (Fsp3) is 0.469. The van der Waals surface area contributed by atoms with Gasteiger partial charge < -0.3 is 19.4 Å². The van der Waals surface area contributed by atoms with Crippen molar-refractivity contribution in [1.29, 1.82) is 0 Å². The largest absolute Gasteiger partial charge is 0.485 e. The molecule has 0 radical (unpaired) electrons. The molecule has 1 saturated carbocycles. The molecule has 0 aliphatic heterocycles. The molecule has 6 nitrogen and oxygen atoms in total. The van der Waals surface area contributed by atoms with Crippen molar-refractivity contribution in [3.05, 3.63) is 77.0 Å². The van der Waals surface area contributed by atoms with Crippen molar-refractivity contribution in [2.24, 2.45) is 5.92 Å². The average molecular weight is 574 g/mol. The zero-order chi connectivity index (χ0) is 29.7. The molecule has 2 atom stereocenters. The summed E-state index contributed by atoms with van der Waals surface area (Å²) in [6.07, 6.45) is -0.395. The fourth-order valence-corrected chi connectivity index (χ4v) is 5.42. The molecule has 0 spiro atoms. The molecular weight excluding hydrogens is 535 g/mol. The van der Waals surface area contributed by atoms with Crippen molar-refractivity contribution in [1.82, 2.24) is 4.90 Å². The van der Waals surface area contributed by atoms with Crippen LogP contribution >= 0.6 is 0 Å². The van der Waals surface area contributed by atoms with E-state index in [1.165, 1.54) is 18.6 Å². The number of carbonyl (C=O) groups is 1. The number of hydrogen-bond donors (Lipinski definition) is 2. The van der Waals surface area contributed by atoms with E-state index in [-0.39, 0.29) is 30.9 Å².